The van der Waals surface area contributed by atoms with Crippen LogP contribution in [-0.2, 0) is 71.3 Å². The summed E-state index contributed by atoms with van der Waals surface area (Å²) in [6.07, 6.45) is 10.3. The summed E-state index contributed by atoms with van der Waals surface area (Å²) in [5, 5.41) is 58.9. The molecule has 0 aliphatic carbocycles. The van der Waals surface area contributed by atoms with E-state index in [1.54, 1.807) is 70.1 Å². The Morgan fingerprint density at radius 3 is 0.894 bits per heavy atom. The third kappa shape index (κ3) is 24.0. The van der Waals surface area contributed by atoms with Gasteiger partial charge in [-0.05, 0) is 120 Å². The number of hydrogen-bond acceptors (Lipinski definition) is 20. The van der Waals surface area contributed by atoms with Gasteiger partial charge in [-0.15, -0.1) is 45.3 Å². The fourth-order valence-corrected chi connectivity index (χ4v) is 15.9. The van der Waals surface area contributed by atoms with Crippen LogP contribution in [-0.4, -0.2) is 83.9 Å². The summed E-state index contributed by atoms with van der Waals surface area (Å²) < 4.78 is 0. The lowest BCUT2D eigenvalue weighted by molar-refractivity contribution is -0.117. The molecule has 0 saturated carbocycles. The third-order valence-corrected chi connectivity index (χ3v) is 23.0. The highest BCUT2D eigenvalue weighted by atomic mass is 32.1. The summed E-state index contributed by atoms with van der Waals surface area (Å²) >= 11 is 6.20. The van der Waals surface area contributed by atoms with Gasteiger partial charge in [0.1, 0.15) is 22.8 Å². The number of nitrogens with one attached hydrogen (secondary N) is 4. The molecule has 612 valence electrons. The number of aliphatic hydroxyl groups excluding tert-OH is 4. The Bertz CT molecular complexity index is 6280. The first-order valence-electron chi connectivity index (χ1n) is 39.6. The first-order valence-corrected chi connectivity index (χ1v) is 43.1. The van der Waals surface area contributed by atoms with E-state index in [2.05, 4.69) is 59.4 Å². The average molecular weight is 1700 g/mol. The van der Waals surface area contributed by atoms with E-state index in [1.807, 2.05) is 282 Å². The van der Waals surface area contributed by atoms with Gasteiger partial charge in [-0.2, -0.15) is 0 Å². The average Bonchev–Trinajstić information content (AvgIpc) is 1.81. The topological polar surface area (TPSA) is 300 Å². The summed E-state index contributed by atoms with van der Waals surface area (Å²) in [6, 6.07) is 89.7. The number of aliphatic hydroxyl groups is 4. The lowest BCUT2D eigenvalue weighted by Crippen LogP contribution is -2.16. The highest BCUT2D eigenvalue weighted by molar-refractivity contribution is 7.14. The fourth-order valence-electron chi connectivity index (χ4n) is 13.0. The van der Waals surface area contributed by atoms with Crippen LogP contribution >= 0.6 is 45.3 Å². The second-order valence-corrected chi connectivity index (χ2v) is 32.0. The van der Waals surface area contributed by atoms with Crippen molar-refractivity contribution < 1.29 is 39.6 Å². The molecule has 0 unspecified atom stereocenters. The second kappa shape index (κ2) is 43.3. The lowest BCUT2D eigenvalue weighted by Gasteiger charge is -2.11. The van der Waals surface area contributed by atoms with Gasteiger partial charge in [0.25, 0.3) is 0 Å². The van der Waals surface area contributed by atoms with Gasteiger partial charge in [-0.3, -0.25) is 19.2 Å². The molecule has 0 fully saturated rings. The van der Waals surface area contributed by atoms with E-state index in [1.165, 1.54) is 5.56 Å². The number of carbonyl (C=O) groups is 4. The molecular formula is C99H84N12O8S4. The maximum atomic E-state index is 12.9. The smallest absolute Gasteiger partial charge is 0.230 e. The van der Waals surface area contributed by atoms with Gasteiger partial charge in [-0.1, -0.05) is 255 Å². The van der Waals surface area contributed by atoms with Crippen LogP contribution in [0.4, 0.5) is 23.3 Å². The minimum absolute atomic E-state index is 0.000352. The van der Waals surface area contributed by atoms with Crippen LogP contribution in [0.5, 0.6) is 0 Å². The van der Waals surface area contributed by atoms with Crippen LogP contribution in [0, 0.1) is 0 Å². The molecule has 8 aromatic heterocycles. The van der Waals surface area contributed by atoms with E-state index >= 15 is 0 Å². The van der Waals surface area contributed by atoms with Crippen molar-refractivity contribution in [2.45, 2.75) is 71.4 Å². The van der Waals surface area contributed by atoms with Crippen LogP contribution < -0.4 is 21.3 Å². The molecule has 123 heavy (non-hydrogen) atoms. The molecule has 17 rings (SSSR count). The Hall–Kier alpha value is -13.9. The summed E-state index contributed by atoms with van der Waals surface area (Å²) in [7, 11) is 0. The number of carbonyl (C=O) groups excluding carboxylic acids is 4. The molecule has 24 heteroatoms. The first kappa shape index (κ1) is 85.5. The molecule has 0 radical (unpaired) electrons. The molecule has 0 saturated heterocycles. The number of aromatic nitrogens is 8. The highest BCUT2D eigenvalue weighted by Crippen LogP contribution is 2.37. The molecule has 8 heterocycles. The van der Waals surface area contributed by atoms with Gasteiger partial charge < -0.3 is 41.7 Å². The van der Waals surface area contributed by atoms with E-state index < -0.39 is 0 Å². The molecular weight excluding hydrogens is 1610 g/mol. The number of benzene rings is 9. The number of thiophene rings is 4. The quantitative estimate of drug-likeness (QED) is 0.0237. The molecule has 8 N–H and O–H groups in total. The first-order chi connectivity index (χ1) is 60.4. The van der Waals surface area contributed by atoms with Gasteiger partial charge >= 0.3 is 0 Å². The molecule has 9 aromatic carbocycles. The third-order valence-electron chi connectivity index (χ3n) is 19.5. The Labute approximate surface area is 727 Å². The second-order valence-electron chi connectivity index (χ2n) is 28.2. The molecule has 0 aliphatic rings. The zero-order valence-electron chi connectivity index (χ0n) is 66.6. The molecule has 17 aromatic rings. The van der Waals surface area contributed by atoms with E-state index in [9.17, 15) is 39.6 Å². The Balaban J connectivity index is 0.000000134. The van der Waals surface area contributed by atoms with Crippen molar-refractivity contribution in [2.24, 2.45) is 0 Å². The number of anilines is 4. The van der Waals surface area contributed by atoms with Crippen molar-refractivity contribution in [2.75, 3.05) is 21.3 Å². The fraction of sp³-hybridized carbons (Fsp3) is 0.111. The van der Waals surface area contributed by atoms with E-state index in [0.29, 0.717) is 82.4 Å². The minimum atomic E-state index is -0.141. The Morgan fingerprint density at radius 2 is 0.561 bits per heavy atom. The monoisotopic (exact) mass is 1700 g/mol. The van der Waals surface area contributed by atoms with Crippen molar-refractivity contribution in [1.29, 1.82) is 0 Å². The van der Waals surface area contributed by atoms with Crippen molar-refractivity contribution >= 4 is 103 Å². The number of hydrogen-bond donors (Lipinski definition) is 8. The highest BCUT2D eigenvalue weighted by Gasteiger charge is 2.21. The number of fused-ring (bicyclic) bond motifs is 1. The number of amides is 4. The van der Waals surface area contributed by atoms with Crippen molar-refractivity contribution in [1.82, 2.24) is 39.9 Å². The molecule has 0 aliphatic heterocycles. The number of nitrogens with zero attached hydrogens (tertiary/aromatic N) is 8. The van der Waals surface area contributed by atoms with Gasteiger partial charge in [0.15, 0.2) is 23.3 Å². The van der Waals surface area contributed by atoms with Crippen molar-refractivity contribution in [3.63, 3.8) is 0 Å². The summed E-state index contributed by atoms with van der Waals surface area (Å²) in [5.74, 6) is 1.40. The molecule has 4 amide bonds. The zero-order valence-corrected chi connectivity index (χ0v) is 69.9. The lowest BCUT2D eigenvalue weighted by atomic mass is 10.0. The molecule has 0 atom stereocenters. The van der Waals surface area contributed by atoms with E-state index in [-0.39, 0.29) is 62.9 Å². The number of rotatable bonds is 27. The van der Waals surface area contributed by atoms with Gasteiger partial charge in [0.05, 0.1) is 106 Å². The Kier molecular flexibility index (Phi) is 30.1. The van der Waals surface area contributed by atoms with Crippen LogP contribution in [0.15, 0.2) is 325 Å². The molecule has 0 bridgehead atoms. The van der Waals surface area contributed by atoms with Crippen LogP contribution in [0.25, 0.3) is 98.1 Å². The van der Waals surface area contributed by atoms with E-state index in [4.69, 9.17) is 19.9 Å². The van der Waals surface area contributed by atoms with Gasteiger partial charge in [0.2, 0.25) is 23.6 Å². The van der Waals surface area contributed by atoms with Crippen LogP contribution in [0.1, 0.15) is 63.8 Å². The molecule has 20 nitrogen and oxygen atoms in total. The zero-order chi connectivity index (χ0) is 84.9. The summed E-state index contributed by atoms with van der Waals surface area (Å²) in [5.41, 5.74) is 16.6. The van der Waals surface area contributed by atoms with Crippen molar-refractivity contribution in [3.05, 3.63) is 370 Å². The van der Waals surface area contributed by atoms with Crippen LogP contribution in [0.2, 0.25) is 0 Å². The van der Waals surface area contributed by atoms with Crippen LogP contribution in [0.3, 0.4) is 0 Å². The molecule has 0 spiro atoms. The predicted molar refractivity (Wildman–Crippen MR) is 493 cm³/mol. The SMILES string of the molecule is O=C(CCCc1ccccc1)Nc1ncc(-c2ccc(CO)cc2)nc1-c1cccs1.O=C(CCc1ccccc1)Nc1ncc(-c2ccc(CO)cc2)nc1-c1cccs1.O=C(Cc1ccc2ccccc2c1)Nc1ncc(-c2ccc(CO)cc2)nc1-c1cccs1.O=C(Cc1ccccc1)Nc1ncc(-c2ccc(CO)cc2)nc1-c1cccs1. The van der Waals surface area contributed by atoms with Crippen molar-refractivity contribution in [3.8, 4) is 87.3 Å². The normalized spacial score (nSPS) is 10.8. The van der Waals surface area contributed by atoms with Gasteiger partial charge in [-0.25, -0.2) is 39.9 Å². The summed E-state index contributed by atoms with van der Waals surface area (Å²) in [6.45, 7) is -0.00459. The minimum Gasteiger partial charge on any atom is -0.392 e. The van der Waals surface area contributed by atoms with E-state index in [0.717, 1.165) is 110 Å². The van der Waals surface area contributed by atoms with Gasteiger partial charge in [0, 0.05) is 35.1 Å². The number of aryl methyl sites for hydroxylation is 2. The predicted octanol–water partition coefficient (Wildman–Crippen LogP) is 20.5. The summed E-state index contributed by atoms with van der Waals surface area (Å²) in [4.78, 5) is 91.5. The standard InChI is InChI=1S/C27H21N3O2S.C25H23N3O2S.C24H21N3O2S.C23H19N3O2S/c31-17-18-7-11-21(12-8-18)23-16-28-27(26(29-23)24-6-3-13-33-24)30-25(32)15-19-9-10-20-4-1-2-5-22(20)14-19;29-17-19-11-13-20(14-12-19)21-16-26-25(24(27-21)22-9-5-15-31-22)28-23(30)10-4-8-18-6-2-1-3-7-18;28-16-18-8-11-19(12-9-18)20-15-25-24(23(26-20)21-7-4-14-30-21)27-22(29)13-10-17-5-2-1-3-6-17;27-15-17-8-10-18(11-9-17)19-14-24-23(22(25-19)20-7-4-12-29-20)26-21(28)13-16-5-2-1-3-6-16/h1-14,16,31H,15,17H2,(H,28,30,32);1-3,5-7,9,11-16,29H,4,8,10,17H2,(H,26,28,30);1-9,11-12,14-15,28H,10,13,16H2,(H,25,27,29);1-12,14,27H,13,15H2,(H,24,26,28). The maximum Gasteiger partial charge on any atom is 0.230 e. The Morgan fingerprint density at radius 1 is 0.268 bits per heavy atom. The maximum absolute atomic E-state index is 12.9. The largest absolute Gasteiger partial charge is 0.392 e.